The maximum absolute atomic E-state index is 11.6. The van der Waals surface area contributed by atoms with E-state index in [4.69, 9.17) is 16.2 Å². The summed E-state index contributed by atoms with van der Waals surface area (Å²) in [6, 6.07) is 0. The number of carbonyl (C=O) groups is 1. The molecule has 0 rings (SSSR count). The molecule has 0 aliphatic carbocycles. The van der Waals surface area contributed by atoms with E-state index >= 15 is 0 Å². The summed E-state index contributed by atoms with van der Waals surface area (Å²) in [5, 5.41) is 0. The molecule has 0 bridgehead atoms. The first-order chi connectivity index (χ1) is 8.27. The van der Waals surface area contributed by atoms with Gasteiger partial charge >= 0.3 is 0 Å². The number of Topliss-reactive ketones (excluding diaryl/α,β-unsaturated/α-hetero) is 1. The topological polar surface area (TPSA) is 90.7 Å². The zero-order valence-corrected chi connectivity index (χ0v) is 12.0. The van der Waals surface area contributed by atoms with Crippen LogP contribution in [-0.2, 0) is 9.53 Å². The molecule has 5 heteroatoms. The highest BCUT2D eigenvalue weighted by Gasteiger charge is 2.19. The molecule has 0 spiro atoms. The molecule has 0 radical (unpaired) electrons. The van der Waals surface area contributed by atoms with E-state index in [0.717, 1.165) is 12.0 Å². The van der Waals surface area contributed by atoms with Crippen LogP contribution in [0.5, 0.6) is 0 Å². The van der Waals surface area contributed by atoms with Gasteiger partial charge in [0.05, 0.1) is 0 Å². The highest BCUT2D eigenvalue weighted by Crippen LogP contribution is 2.18. The molecule has 0 fully saturated rings. The quantitative estimate of drug-likeness (QED) is 0.413. The van der Waals surface area contributed by atoms with Crippen LogP contribution in [0, 0.1) is 5.92 Å². The number of rotatable bonds is 7. The summed E-state index contributed by atoms with van der Waals surface area (Å²) >= 11 is 0. The maximum atomic E-state index is 11.6. The molecule has 0 aliphatic rings. The minimum absolute atomic E-state index is 0.0177. The van der Waals surface area contributed by atoms with Crippen LogP contribution in [0.15, 0.2) is 16.4 Å². The Morgan fingerprint density at radius 3 is 2.17 bits per heavy atom. The van der Waals surface area contributed by atoms with E-state index in [1.165, 1.54) is 6.92 Å². The van der Waals surface area contributed by atoms with Gasteiger partial charge in [0.2, 0.25) is 5.88 Å². The first kappa shape index (κ1) is 16.5. The number of aliphatic imine (C=N–C) groups is 1. The van der Waals surface area contributed by atoms with E-state index < -0.39 is 6.10 Å². The number of carbonyl (C=O) groups excluding carboxylic acids is 1. The van der Waals surface area contributed by atoms with Crippen LogP contribution in [-0.4, -0.2) is 17.8 Å². The highest BCUT2D eigenvalue weighted by molar-refractivity contribution is 5.80. The molecule has 0 aromatic carbocycles. The van der Waals surface area contributed by atoms with Crippen molar-refractivity contribution in [2.24, 2.45) is 22.4 Å². The Labute approximate surface area is 109 Å². The average molecular weight is 255 g/mol. The first-order valence-electron chi connectivity index (χ1n) is 6.24. The Hall–Kier alpha value is -1.52. The van der Waals surface area contributed by atoms with Crippen LogP contribution in [0.4, 0.5) is 0 Å². The Bertz CT molecular complexity index is 342. The number of ether oxygens (including phenoxy) is 1. The molecule has 0 heterocycles. The standard InChI is InChI=1S/C13H25N3O2/c1-6-9(4)12(16-13(14)15)18-11(10(5)17)7-8(2)3/h8,11H,6-7H2,1-5H3,(H4,14,15,16)/b12-9+. The van der Waals surface area contributed by atoms with Gasteiger partial charge in [0, 0.05) is 0 Å². The van der Waals surface area contributed by atoms with E-state index in [1.54, 1.807) is 0 Å². The number of ketones is 1. The summed E-state index contributed by atoms with van der Waals surface area (Å²) in [6.45, 7) is 9.45. The number of allylic oxidation sites excluding steroid dienone is 1. The number of guanidine groups is 1. The lowest BCUT2D eigenvalue weighted by Gasteiger charge is -2.19. The zero-order valence-electron chi connectivity index (χ0n) is 12.0. The summed E-state index contributed by atoms with van der Waals surface area (Å²) in [6.07, 6.45) is 0.915. The van der Waals surface area contributed by atoms with Crippen LogP contribution >= 0.6 is 0 Å². The van der Waals surface area contributed by atoms with E-state index in [2.05, 4.69) is 4.99 Å². The van der Waals surface area contributed by atoms with Gasteiger partial charge in [-0.05, 0) is 38.2 Å². The molecular weight excluding hydrogens is 230 g/mol. The fourth-order valence-electron chi connectivity index (χ4n) is 1.35. The Balaban J connectivity index is 5.05. The van der Waals surface area contributed by atoms with Crippen molar-refractivity contribution >= 4 is 11.7 Å². The lowest BCUT2D eigenvalue weighted by atomic mass is 10.0. The molecule has 1 atom stereocenters. The van der Waals surface area contributed by atoms with Gasteiger partial charge in [0.25, 0.3) is 0 Å². The third kappa shape index (κ3) is 6.27. The molecule has 18 heavy (non-hydrogen) atoms. The minimum atomic E-state index is -0.496. The molecule has 4 N–H and O–H groups in total. The fraction of sp³-hybridized carbons (Fsp3) is 0.692. The molecule has 0 amide bonds. The van der Waals surface area contributed by atoms with Gasteiger partial charge < -0.3 is 16.2 Å². The minimum Gasteiger partial charge on any atom is -0.466 e. The van der Waals surface area contributed by atoms with Gasteiger partial charge in [-0.3, -0.25) is 4.79 Å². The summed E-state index contributed by atoms with van der Waals surface area (Å²) in [5.41, 5.74) is 11.7. The second kappa shape index (κ2) is 7.74. The predicted molar refractivity (Wildman–Crippen MR) is 73.8 cm³/mol. The summed E-state index contributed by atoms with van der Waals surface area (Å²) in [7, 11) is 0. The Morgan fingerprint density at radius 2 is 1.83 bits per heavy atom. The lowest BCUT2D eigenvalue weighted by Crippen LogP contribution is -2.26. The second-order valence-electron chi connectivity index (χ2n) is 4.82. The largest absolute Gasteiger partial charge is 0.466 e. The lowest BCUT2D eigenvalue weighted by molar-refractivity contribution is -0.126. The maximum Gasteiger partial charge on any atom is 0.216 e. The normalized spacial score (nSPS) is 13.9. The van der Waals surface area contributed by atoms with Crippen molar-refractivity contribution in [2.75, 3.05) is 0 Å². The average Bonchev–Trinajstić information content (AvgIpc) is 2.24. The summed E-state index contributed by atoms with van der Waals surface area (Å²) in [4.78, 5) is 15.5. The number of nitrogens with two attached hydrogens (primary N) is 2. The van der Waals surface area contributed by atoms with Crippen molar-refractivity contribution in [1.82, 2.24) is 0 Å². The van der Waals surface area contributed by atoms with Crippen LogP contribution in [0.25, 0.3) is 0 Å². The van der Waals surface area contributed by atoms with Gasteiger partial charge in [-0.2, -0.15) is 4.99 Å². The predicted octanol–water partition coefficient (Wildman–Crippen LogP) is 1.92. The monoisotopic (exact) mass is 255 g/mol. The van der Waals surface area contributed by atoms with E-state index in [1.807, 2.05) is 27.7 Å². The van der Waals surface area contributed by atoms with E-state index in [-0.39, 0.29) is 11.7 Å². The third-order valence-electron chi connectivity index (χ3n) is 2.52. The Morgan fingerprint density at radius 1 is 1.28 bits per heavy atom. The molecule has 0 saturated carbocycles. The molecule has 0 aromatic rings. The molecule has 1 unspecified atom stereocenters. The zero-order chi connectivity index (χ0) is 14.3. The van der Waals surface area contributed by atoms with Gasteiger partial charge in [0.15, 0.2) is 17.8 Å². The van der Waals surface area contributed by atoms with Crippen molar-refractivity contribution in [2.45, 2.75) is 53.6 Å². The van der Waals surface area contributed by atoms with Crippen molar-refractivity contribution in [1.29, 1.82) is 0 Å². The first-order valence-corrected chi connectivity index (χ1v) is 6.24. The number of nitrogens with zero attached hydrogens (tertiary/aromatic N) is 1. The summed E-state index contributed by atoms with van der Waals surface area (Å²) in [5.74, 6) is 0.639. The number of hydrogen-bond donors (Lipinski definition) is 2. The van der Waals surface area contributed by atoms with Crippen molar-refractivity contribution in [3.05, 3.63) is 11.5 Å². The van der Waals surface area contributed by atoms with Gasteiger partial charge in [-0.25, -0.2) is 0 Å². The van der Waals surface area contributed by atoms with Crippen LogP contribution < -0.4 is 11.5 Å². The fourth-order valence-corrected chi connectivity index (χ4v) is 1.35. The summed E-state index contributed by atoms with van der Waals surface area (Å²) < 4.78 is 5.67. The molecule has 104 valence electrons. The van der Waals surface area contributed by atoms with Crippen molar-refractivity contribution < 1.29 is 9.53 Å². The number of hydrogen-bond acceptors (Lipinski definition) is 3. The van der Waals surface area contributed by atoms with Crippen molar-refractivity contribution in [3.63, 3.8) is 0 Å². The molecule has 0 aromatic heterocycles. The molecule has 0 aliphatic heterocycles. The second-order valence-corrected chi connectivity index (χ2v) is 4.82. The highest BCUT2D eigenvalue weighted by atomic mass is 16.5. The van der Waals surface area contributed by atoms with Crippen LogP contribution in [0.3, 0.4) is 0 Å². The van der Waals surface area contributed by atoms with Gasteiger partial charge in [0.1, 0.15) is 0 Å². The molecule has 5 nitrogen and oxygen atoms in total. The Kier molecular flexibility index (Phi) is 7.08. The van der Waals surface area contributed by atoms with Crippen molar-refractivity contribution in [3.8, 4) is 0 Å². The van der Waals surface area contributed by atoms with Crippen LogP contribution in [0.2, 0.25) is 0 Å². The third-order valence-corrected chi connectivity index (χ3v) is 2.52. The van der Waals surface area contributed by atoms with E-state index in [9.17, 15) is 4.79 Å². The van der Waals surface area contributed by atoms with Crippen LogP contribution in [0.1, 0.15) is 47.5 Å². The van der Waals surface area contributed by atoms with Gasteiger partial charge in [-0.15, -0.1) is 0 Å². The SMILES string of the molecule is CC/C(C)=C(\N=C(N)N)OC(CC(C)C)C(C)=O. The smallest absolute Gasteiger partial charge is 0.216 e. The molecular formula is C13H25N3O2. The molecule has 0 saturated heterocycles. The van der Waals surface area contributed by atoms with Gasteiger partial charge in [-0.1, -0.05) is 20.8 Å². The van der Waals surface area contributed by atoms with E-state index in [0.29, 0.717) is 18.2 Å².